The Hall–Kier alpha value is -0.570. The quantitative estimate of drug-likeness (QED) is 0.813. The van der Waals surface area contributed by atoms with Gasteiger partial charge in [-0.05, 0) is 55.8 Å². The molecule has 5 unspecified atom stereocenters. The number of nitrogens with one attached hydrogen (secondary N) is 1. The molecular formula is C17H32N2O. The molecule has 0 spiro atoms. The number of amides is 1. The summed E-state index contributed by atoms with van der Waals surface area (Å²) in [6.45, 7) is 8.69. The van der Waals surface area contributed by atoms with Crippen LogP contribution in [0.15, 0.2) is 0 Å². The molecule has 2 bridgehead atoms. The predicted octanol–water partition coefficient (Wildman–Crippen LogP) is 3.08. The second-order valence-corrected chi connectivity index (χ2v) is 8.42. The molecule has 0 aromatic carbocycles. The summed E-state index contributed by atoms with van der Waals surface area (Å²) in [5, 5.41) is 3.20. The van der Waals surface area contributed by atoms with E-state index >= 15 is 0 Å². The molecule has 3 nitrogen and oxygen atoms in total. The van der Waals surface area contributed by atoms with Crippen molar-refractivity contribution in [3.8, 4) is 0 Å². The van der Waals surface area contributed by atoms with E-state index < -0.39 is 0 Å². The normalized spacial score (nSPS) is 32.1. The third-order valence-corrected chi connectivity index (χ3v) is 5.15. The summed E-state index contributed by atoms with van der Waals surface area (Å²) in [6.07, 6.45) is 6.86. The molecule has 2 fully saturated rings. The van der Waals surface area contributed by atoms with Crippen molar-refractivity contribution in [3.63, 3.8) is 0 Å². The minimum absolute atomic E-state index is 0.0257. The smallest absolute Gasteiger partial charge is 0.221 e. The second-order valence-electron chi connectivity index (χ2n) is 8.42. The summed E-state index contributed by atoms with van der Waals surface area (Å²) < 4.78 is 0. The van der Waals surface area contributed by atoms with E-state index in [0.29, 0.717) is 18.4 Å². The predicted molar refractivity (Wildman–Crippen MR) is 83.2 cm³/mol. The van der Waals surface area contributed by atoms with Crippen molar-refractivity contribution in [2.24, 2.45) is 28.9 Å². The molecule has 1 amide bonds. The molecule has 3 N–H and O–H groups in total. The highest BCUT2D eigenvalue weighted by Gasteiger charge is 2.42. The first-order chi connectivity index (χ1) is 9.24. The Morgan fingerprint density at radius 1 is 1.30 bits per heavy atom. The highest BCUT2D eigenvalue weighted by atomic mass is 16.1. The van der Waals surface area contributed by atoms with Crippen molar-refractivity contribution >= 4 is 5.91 Å². The molecule has 0 aromatic heterocycles. The van der Waals surface area contributed by atoms with Gasteiger partial charge in [-0.25, -0.2) is 0 Å². The third-order valence-electron chi connectivity index (χ3n) is 5.15. The molecule has 2 aliphatic carbocycles. The maximum atomic E-state index is 12.1. The van der Waals surface area contributed by atoms with Gasteiger partial charge < -0.3 is 11.1 Å². The first-order valence-electron chi connectivity index (χ1n) is 8.29. The van der Waals surface area contributed by atoms with Gasteiger partial charge in [0.15, 0.2) is 0 Å². The van der Waals surface area contributed by atoms with Gasteiger partial charge in [-0.2, -0.15) is 0 Å². The number of hydrogen-bond acceptors (Lipinski definition) is 2. The van der Waals surface area contributed by atoms with Crippen LogP contribution in [0.1, 0.15) is 66.2 Å². The van der Waals surface area contributed by atoms with Gasteiger partial charge in [0.2, 0.25) is 5.91 Å². The van der Waals surface area contributed by atoms with Gasteiger partial charge in [-0.3, -0.25) is 4.79 Å². The SMILES string of the molecule is CC(NC(=O)CC(N)CC(C)(C)C)C1CC2CCC1C2. The van der Waals surface area contributed by atoms with E-state index in [9.17, 15) is 4.79 Å². The van der Waals surface area contributed by atoms with Crippen molar-refractivity contribution in [1.82, 2.24) is 5.32 Å². The second kappa shape index (κ2) is 6.05. The summed E-state index contributed by atoms with van der Waals surface area (Å²) in [5.41, 5.74) is 6.28. The van der Waals surface area contributed by atoms with Crippen LogP contribution in [-0.4, -0.2) is 18.0 Å². The molecule has 0 aromatic rings. The molecule has 0 heterocycles. The van der Waals surface area contributed by atoms with Crippen LogP contribution in [0.4, 0.5) is 0 Å². The van der Waals surface area contributed by atoms with Crippen molar-refractivity contribution in [2.45, 2.75) is 78.3 Å². The standard InChI is InChI=1S/C17H32N2O/c1-11(15-8-12-5-6-13(15)7-12)19-16(20)9-14(18)10-17(2,3)4/h11-15H,5-10,18H2,1-4H3,(H,19,20). The van der Waals surface area contributed by atoms with E-state index in [4.69, 9.17) is 5.73 Å². The van der Waals surface area contributed by atoms with Crippen LogP contribution in [0.3, 0.4) is 0 Å². The fraction of sp³-hybridized carbons (Fsp3) is 0.941. The molecular weight excluding hydrogens is 248 g/mol. The van der Waals surface area contributed by atoms with Crippen LogP contribution in [0, 0.1) is 23.2 Å². The lowest BCUT2D eigenvalue weighted by Gasteiger charge is -2.29. The number of rotatable bonds is 5. The van der Waals surface area contributed by atoms with E-state index in [0.717, 1.165) is 18.3 Å². The van der Waals surface area contributed by atoms with Gasteiger partial charge in [-0.15, -0.1) is 0 Å². The zero-order valence-electron chi connectivity index (χ0n) is 13.6. The van der Waals surface area contributed by atoms with Crippen molar-refractivity contribution in [2.75, 3.05) is 0 Å². The first-order valence-corrected chi connectivity index (χ1v) is 8.29. The molecule has 20 heavy (non-hydrogen) atoms. The maximum absolute atomic E-state index is 12.1. The van der Waals surface area contributed by atoms with Crippen LogP contribution >= 0.6 is 0 Å². The topological polar surface area (TPSA) is 55.1 Å². The minimum atomic E-state index is -0.0257. The van der Waals surface area contributed by atoms with Gasteiger partial charge in [-0.1, -0.05) is 27.2 Å². The van der Waals surface area contributed by atoms with Crippen LogP contribution in [0.2, 0.25) is 0 Å². The van der Waals surface area contributed by atoms with Crippen molar-refractivity contribution in [1.29, 1.82) is 0 Å². The lowest BCUT2D eigenvalue weighted by atomic mass is 9.83. The van der Waals surface area contributed by atoms with E-state index in [1.165, 1.54) is 25.7 Å². The van der Waals surface area contributed by atoms with Gasteiger partial charge in [0.1, 0.15) is 0 Å². The van der Waals surface area contributed by atoms with Gasteiger partial charge in [0, 0.05) is 18.5 Å². The highest BCUT2D eigenvalue weighted by molar-refractivity contribution is 5.76. The van der Waals surface area contributed by atoms with Crippen LogP contribution in [-0.2, 0) is 4.79 Å². The molecule has 2 saturated carbocycles. The number of nitrogens with two attached hydrogens (primary N) is 1. The van der Waals surface area contributed by atoms with Crippen LogP contribution in [0.25, 0.3) is 0 Å². The van der Waals surface area contributed by atoms with E-state index in [-0.39, 0.29) is 17.4 Å². The van der Waals surface area contributed by atoms with Gasteiger partial charge in [0.05, 0.1) is 0 Å². The maximum Gasteiger partial charge on any atom is 0.221 e. The molecule has 0 radical (unpaired) electrons. The Morgan fingerprint density at radius 2 is 2.00 bits per heavy atom. The summed E-state index contributed by atoms with van der Waals surface area (Å²) in [4.78, 5) is 12.1. The largest absolute Gasteiger partial charge is 0.353 e. The fourth-order valence-electron chi connectivity index (χ4n) is 4.42. The van der Waals surface area contributed by atoms with Crippen LogP contribution < -0.4 is 11.1 Å². The lowest BCUT2D eigenvalue weighted by molar-refractivity contribution is -0.122. The van der Waals surface area contributed by atoms with E-state index in [2.05, 4.69) is 33.0 Å². The number of fused-ring (bicyclic) bond motifs is 2. The molecule has 3 heteroatoms. The molecule has 2 rings (SSSR count). The van der Waals surface area contributed by atoms with Gasteiger partial charge >= 0.3 is 0 Å². The van der Waals surface area contributed by atoms with Crippen molar-refractivity contribution in [3.05, 3.63) is 0 Å². The monoisotopic (exact) mass is 280 g/mol. The highest BCUT2D eigenvalue weighted by Crippen LogP contribution is 2.49. The lowest BCUT2D eigenvalue weighted by Crippen LogP contribution is -2.42. The van der Waals surface area contributed by atoms with Crippen LogP contribution in [0.5, 0.6) is 0 Å². The Labute approximate surface area is 124 Å². The molecule has 5 atom stereocenters. The van der Waals surface area contributed by atoms with Gasteiger partial charge in [0.25, 0.3) is 0 Å². The Bertz CT molecular complexity index is 347. The minimum Gasteiger partial charge on any atom is -0.353 e. The first kappa shape index (κ1) is 15.8. The molecule has 2 aliphatic rings. The average molecular weight is 280 g/mol. The Balaban J connectivity index is 1.74. The summed E-state index contributed by atoms with van der Waals surface area (Å²) >= 11 is 0. The molecule has 116 valence electrons. The number of hydrogen-bond donors (Lipinski definition) is 2. The number of carbonyl (C=O) groups is 1. The third kappa shape index (κ3) is 4.21. The molecule has 0 aliphatic heterocycles. The van der Waals surface area contributed by atoms with E-state index in [1.807, 2.05) is 0 Å². The average Bonchev–Trinajstić information content (AvgIpc) is 2.86. The summed E-state index contributed by atoms with van der Waals surface area (Å²) in [6, 6.07) is 0.293. The molecule has 0 saturated heterocycles. The number of carbonyl (C=O) groups excluding carboxylic acids is 1. The zero-order chi connectivity index (χ0) is 14.9. The van der Waals surface area contributed by atoms with Crippen molar-refractivity contribution < 1.29 is 4.79 Å². The zero-order valence-corrected chi connectivity index (χ0v) is 13.6. The Kier molecular flexibility index (Phi) is 4.78. The Morgan fingerprint density at radius 3 is 2.50 bits per heavy atom. The summed E-state index contributed by atoms with van der Waals surface area (Å²) in [5.74, 6) is 2.64. The fourth-order valence-corrected chi connectivity index (χ4v) is 4.42. The summed E-state index contributed by atoms with van der Waals surface area (Å²) in [7, 11) is 0. The van der Waals surface area contributed by atoms with E-state index in [1.54, 1.807) is 0 Å².